The number of ether oxygens (including phenoxy) is 2. The fourth-order valence-corrected chi connectivity index (χ4v) is 3.07. The van der Waals surface area contributed by atoms with Gasteiger partial charge in [0.25, 0.3) is 0 Å². The molecule has 0 spiro atoms. The standard InChI is InChI=1S/C17H31NO5/c1-5-8-17(14(19)20,11-13-6-9-22-10-7-13)12-18-15(21)23-16(2,3)4/h13H,5-12H2,1-4H3,(H,18,21)(H,19,20). The third kappa shape index (κ3) is 6.77. The smallest absolute Gasteiger partial charge is 0.407 e. The molecule has 0 saturated carbocycles. The zero-order valence-electron chi connectivity index (χ0n) is 14.8. The highest BCUT2D eigenvalue weighted by molar-refractivity contribution is 5.76. The van der Waals surface area contributed by atoms with Crippen LogP contribution in [0.15, 0.2) is 0 Å². The maximum absolute atomic E-state index is 12.0. The Labute approximate surface area is 138 Å². The molecule has 1 rings (SSSR count). The largest absolute Gasteiger partial charge is 0.481 e. The predicted octanol–water partition coefficient (Wildman–Crippen LogP) is 3.20. The summed E-state index contributed by atoms with van der Waals surface area (Å²) in [4.78, 5) is 23.8. The van der Waals surface area contributed by atoms with Gasteiger partial charge in [-0.1, -0.05) is 13.3 Å². The van der Waals surface area contributed by atoms with E-state index in [2.05, 4.69) is 5.32 Å². The fraction of sp³-hybridized carbons (Fsp3) is 0.882. The number of alkyl carbamates (subject to hydrolysis) is 1. The third-order valence-electron chi connectivity index (χ3n) is 4.17. The molecule has 1 heterocycles. The summed E-state index contributed by atoms with van der Waals surface area (Å²) in [6.45, 7) is 8.79. The first kappa shape index (κ1) is 19.7. The maximum atomic E-state index is 12.0. The van der Waals surface area contributed by atoms with E-state index in [0.717, 1.165) is 19.3 Å². The molecule has 6 nitrogen and oxygen atoms in total. The minimum absolute atomic E-state index is 0.0996. The molecule has 0 aliphatic carbocycles. The highest BCUT2D eigenvalue weighted by atomic mass is 16.6. The number of nitrogens with one attached hydrogen (secondary N) is 1. The van der Waals surface area contributed by atoms with Crippen LogP contribution < -0.4 is 5.32 Å². The number of amides is 1. The highest BCUT2D eigenvalue weighted by Crippen LogP contribution is 2.35. The second kappa shape index (κ2) is 8.52. The van der Waals surface area contributed by atoms with E-state index in [1.807, 2.05) is 6.92 Å². The average molecular weight is 329 g/mol. The van der Waals surface area contributed by atoms with Crippen molar-refractivity contribution in [2.24, 2.45) is 11.3 Å². The molecule has 2 N–H and O–H groups in total. The van der Waals surface area contributed by atoms with Gasteiger partial charge in [-0.25, -0.2) is 4.79 Å². The van der Waals surface area contributed by atoms with Crippen molar-refractivity contribution in [3.8, 4) is 0 Å². The number of carboxylic acid groups (broad SMARTS) is 1. The Morgan fingerprint density at radius 2 is 1.87 bits per heavy atom. The average Bonchev–Trinajstić information content (AvgIpc) is 2.44. The highest BCUT2D eigenvalue weighted by Gasteiger charge is 2.40. The molecule has 1 amide bonds. The van der Waals surface area contributed by atoms with Crippen molar-refractivity contribution >= 4 is 12.1 Å². The summed E-state index contributed by atoms with van der Waals surface area (Å²) in [7, 11) is 0. The second-order valence-electron chi connectivity index (χ2n) is 7.45. The minimum atomic E-state index is -0.937. The quantitative estimate of drug-likeness (QED) is 0.749. The van der Waals surface area contributed by atoms with Crippen molar-refractivity contribution in [1.29, 1.82) is 0 Å². The van der Waals surface area contributed by atoms with Crippen molar-refractivity contribution in [1.82, 2.24) is 5.32 Å². The van der Waals surface area contributed by atoms with Gasteiger partial charge in [-0.05, 0) is 52.4 Å². The molecule has 0 radical (unpaired) electrons. The molecular weight excluding hydrogens is 298 g/mol. The molecule has 1 aliphatic heterocycles. The molecule has 1 fully saturated rings. The lowest BCUT2D eigenvalue weighted by Crippen LogP contribution is -2.46. The Hall–Kier alpha value is -1.30. The van der Waals surface area contributed by atoms with Gasteiger partial charge < -0.3 is 19.9 Å². The topological polar surface area (TPSA) is 84.9 Å². The lowest BCUT2D eigenvalue weighted by atomic mass is 9.74. The van der Waals surface area contributed by atoms with Crippen LogP contribution in [-0.2, 0) is 14.3 Å². The second-order valence-corrected chi connectivity index (χ2v) is 7.45. The summed E-state index contributed by atoms with van der Waals surface area (Å²) >= 11 is 0. The van der Waals surface area contributed by atoms with E-state index in [1.54, 1.807) is 20.8 Å². The molecule has 23 heavy (non-hydrogen) atoms. The number of carbonyl (C=O) groups is 2. The molecule has 6 heteroatoms. The molecule has 0 aromatic rings. The summed E-state index contributed by atoms with van der Waals surface area (Å²) in [5.74, 6) is -0.520. The Kier molecular flexibility index (Phi) is 7.32. The Morgan fingerprint density at radius 3 is 2.35 bits per heavy atom. The number of carbonyl (C=O) groups excluding carboxylic acids is 1. The van der Waals surface area contributed by atoms with E-state index in [9.17, 15) is 14.7 Å². The molecule has 1 atom stereocenters. The van der Waals surface area contributed by atoms with Gasteiger partial charge in [-0.2, -0.15) is 0 Å². The maximum Gasteiger partial charge on any atom is 0.407 e. The van der Waals surface area contributed by atoms with Crippen molar-refractivity contribution in [3.63, 3.8) is 0 Å². The first-order valence-electron chi connectivity index (χ1n) is 8.46. The van der Waals surface area contributed by atoms with Crippen LogP contribution in [0.1, 0.15) is 59.8 Å². The molecule has 0 bridgehead atoms. The van der Waals surface area contributed by atoms with Gasteiger partial charge in [0.1, 0.15) is 5.60 Å². The number of carboxylic acids is 1. The minimum Gasteiger partial charge on any atom is -0.481 e. The lowest BCUT2D eigenvalue weighted by molar-refractivity contribution is -0.151. The predicted molar refractivity (Wildman–Crippen MR) is 87.4 cm³/mol. The van der Waals surface area contributed by atoms with E-state index in [4.69, 9.17) is 9.47 Å². The monoisotopic (exact) mass is 329 g/mol. The summed E-state index contributed by atoms with van der Waals surface area (Å²) < 4.78 is 10.6. The van der Waals surface area contributed by atoms with Crippen LogP contribution in [0.3, 0.4) is 0 Å². The van der Waals surface area contributed by atoms with Crippen LogP contribution >= 0.6 is 0 Å². The van der Waals surface area contributed by atoms with Gasteiger partial charge in [0.2, 0.25) is 0 Å². The Morgan fingerprint density at radius 1 is 1.26 bits per heavy atom. The number of rotatable bonds is 7. The number of hydrogen-bond acceptors (Lipinski definition) is 4. The molecule has 0 aromatic carbocycles. The molecule has 134 valence electrons. The number of hydrogen-bond donors (Lipinski definition) is 2. The lowest BCUT2D eigenvalue weighted by Gasteiger charge is -2.34. The SMILES string of the molecule is CCCC(CNC(=O)OC(C)(C)C)(CC1CCOCC1)C(=O)O. The van der Waals surface area contributed by atoms with Crippen LogP contribution in [0.2, 0.25) is 0 Å². The van der Waals surface area contributed by atoms with Crippen molar-refractivity contribution in [2.75, 3.05) is 19.8 Å². The first-order valence-corrected chi connectivity index (χ1v) is 8.46. The van der Waals surface area contributed by atoms with Crippen molar-refractivity contribution in [3.05, 3.63) is 0 Å². The molecule has 1 aliphatic rings. The Balaban J connectivity index is 2.73. The van der Waals surface area contributed by atoms with Crippen LogP contribution in [0, 0.1) is 11.3 Å². The van der Waals surface area contributed by atoms with Crippen LogP contribution in [-0.4, -0.2) is 42.5 Å². The summed E-state index contributed by atoms with van der Waals surface area (Å²) in [5, 5.41) is 12.5. The van der Waals surface area contributed by atoms with Gasteiger partial charge in [-0.3, -0.25) is 4.79 Å². The van der Waals surface area contributed by atoms with Gasteiger partial charge in [0.05, 0.1) is 5.41 Å². The molecule has 0 aromatic heterocycles. The zero-order valence-corrected chi connectivity index (χ0v) is 14.8. The summed E-state index contributed by atoms with van der Waals surface area (Å²) in [6, 6.07) is 0. The van der Waals surface area contributed by atoms with E-state index in [-0.39, 0.29) is 6.54 Å². The van der Waals surface area contributed by atoms with Gasteiger partial charge in [0, 0.05) is 19.8 Å². The normalized spacial score (nSPS) is 19.0. The van der Waals surface area contributed by atoms with Crippen LogP contribution in [0.4, 0.5) is 4.79 Å². The van der Waals surface area contributed by atoms with E-state index in [1.165, 1.54) is 0 Å². The fourth-order valence-electron chi connectivity index (χ4n) is 3.07. The Bertz CT molecular complexity index is 398. The van der Waals surface area contributed by atoms with E-state index >= 15 is 0 Å². The van der Waals surface area contributed by atoms with Crippen molar-refractivity contribution < 1.29 is 24.2 Å². The summed E-state index contributed by atoms with van der Waals surface area (Å²) in [6.07, 6.45) is 3.05. The zero-order chi connectivity index (χ0) is 17.5. The van der Waals surface area contributed by atoms with Crippen LogP contribution in [0.5, 0.6) is 0 Å². The van der Waals surface area contributed by atoms with Gasteiger partial charge in [0.15, 0.2) is 0 Å². The molecule has 1 saturated heterocycles. The van der Waals surface area contributed by atoms with E-state index in [0.29, 0.717) is 32.0 Å². The molecule has 1 unspecified atom stereocenters. The molecular formula is C17H31NO5. The van der Waals surface area contributed by atoms with Crippen molar-refractivity contribution in [2.45, 2.75) is 65.4 Å². The first-order chi connectivity index (χ1) is 10.7. The van der Waals surface area contributed by atoms with E-state index < -0.39 is 23.1 Å². The number of aliphatic carboxylic acids is 1. The van der Waals surface area contributed by atoms with Crippen LogP contribution in [0.25, 0.3) is 0 Å². The van der Waals surface area contributed by atoms with Gasteiger partial charge >= 0.3 is 12.1 Å². The third-order valence-corrected chi connectivity index (χ3v) is 4.17. The van der Waals surface area contributed by atoms with Gasteiger partial charge in [-0.15, -0.1) is 0 Å². The summed E-state index contributed by atoms with van der Waals surface area (Å²) in [5.41, 5.74) is -1.53.